The Morgan fingerprint density at radius 1 is 1.18 bits per heavy atom. The summed E-state index contributed by atoms with van der Waals surface area (Å²) in [6.45, 7) is 1.06. The number of sulfone groups is 1. The first kappa shape index (κ1) is 14.4. The van der Waals surface area contributed by atoms with E-state index in [4.69, 9.17) is 0 Å². The van der Waals surface area contributed by atoms with Gasteiger partial charge >= 0.3 is 6.18 Å². The molecule has 0 radical (unpaired) electrons. The fraction of sp³-hybridized carbons (Fsp3) is 0.400. The van der Waals surface area contributed by atoms with Crippen molar-refractivity contribution in [1.29, 1.82) is 0 Å². The van der Waals surface area contributed by atoms with Gasteiger partial charge in [-0.05, 0) is 31.2 Å². The molecule has 0 aliphatic carbocycles. The van der Waals surface area contributed by atoms with Crippen LogP contribution in [0, 0.1) is 0 Å². The fourth-order valence-electron chi connectivity index (χ4n) is 1.04. The molecule has 0 heterocycles. The first-order valence-electron chi connectivity index (χ1n) is 4.64. The Kier molecular flexibility index (Phi) is 4.14. The van der Waals surface area contributed by atoms with Crippen molar-refractivity contribution in [3.8, 4) is 0 Å². The van der Waals surface area contributed by atoms with Crippen molar-refractivity contribution in [3.63, 3.8) is 0 Å². The quantitative estimate of drug-likeness (QED) is 0.800. The molecule has 0 unspecified atom stereocenters. The van der Waals surface area contributed by atoms with E-state index in [0.717, 1.165) is 13.2 Å². The van der Waals surface area contributed by atoms with E-state index < -0.39 is 21.3 Å². The monoisotopic (exact) mass is 284 g/mol. The third kappa shape index (κ3) is 4.23. The fourth-order valence-corrected chi connectivity index (χ4v) is 2.50. The van der Waals surface area contributed by atoms with Crippen LogP contribution in [0.4, 0.5) is 13.2 Å². The van der Waals surface area contributed by atoms with E-state index in [1.807, 2.05) is 0 Å². The summed E-state index contributed by atoms with van der Waals surface area (Å²) in [5, 5.41) is -1.52. The molecule has 0 saturated heterocycles. The molecule has 0 bridgehead atoms. The molecule has 0 spiro atoms. The number of hydrogen-bond donors (Lipinski definition) is 0. The van der Waals surface area contributed by atoms with E-state index in [-0.39, 0.29) is 4.90 Å². The van der Waals surface area contributed by atoms with Gasteiger partial charge in [0.2, 0.25) is 0 Å². The van der Waals surface area contributed by atoms with Crippen LogP contribution in [0.5, 0.6) is 0 Å². The summed E-state index contributed by atoms with van der Waals surface area (Å²) >= 11 is 0.650. The van der Waals surface area contributed by atoms with Crippen molar-refractivity contribution in [2.75, 3.05) is 6.26 Å². The van der Waals surface area contributed by atoms with Gasteiger partial charge in [-0.3, -0.25) is 0 Å². The zero-order valence-corrected chi connectivity index (χ0v) is 10.8. The highest BCUT2D eigenvalue weighted by molar-refractivity contribution is 8.00. The molecule has 2 nitrogen and oxygen atoms in total. The molecule has 0 amide bonds. The van der Waals surface area contributed by atoms with Crippen LogP contribution in [0.3, 0.4) is 0 Å². The van der Waals surface area contributed by atoms with Gasteiger partial charge in [0.25, 0.3) is 0 Å². The maximum atomic E-state index is 12.3. The standard InChI is InChI=1S/C10H11F3O2S2/c1-7(10(11,12)13)16-8-3-5-9(6-4-8)17(2,14)15/h3-7H,1-2H3/t7-/m0/s1. The van der Waals surface area contributed by atoms with Gasteiger partial charge in [-0.2, -0.15) is 13.2 Å². The summed E-state index contributed by atoms with van der Waals surface area (Å²) in [7, 11) is -3.31. The lowest BCUT2D eigenvalue weighted by Crippen LogP contribution is -2.21. The van der Waals surface area contributed by atoms with Crippen LogP contribution in [0.2, 0.25) is 0 Å². The van der Waals surface area contributed by atoms with Crippen molar-refractivity contribution in [2.45, 2.75) is 28.1 Å². The van der Waals surface area contributed by atoms with E-state index in [2.05, 4.69) is 0 Å². The molecule has 0 N–H and O–H groups in total. The number of benzene rings is 1. The van der Waals surface area contributed by atoms with Crippen LogP contribution in [0.25, 0.3) is 0 Å². The van der Waals surface area contributed by atoms with E-state index in [1.165, 1.54) is 24.3 Å². The summed E-state index contributed by atoms with van der Waals surface area (Å²) in [6.07, 6.45) is -3.21. The Morgan fingerprint density at radius 2 is 1.65 bits per heavy atom. The summed E-state index contributed by atoms with van der Waals surface area (Å²) in [5.41, 5.74) is 0. The molecule has 0 aromatic heterocycles. The van der Waals surface area contributed by atoms with Gasteiger partial charge in [0.05, 0.1) is 4.90 Å². The van der Waals surface area contributed by atoms with E-state index in [1.54, 1.807) is 0 Å². The topological polar surface area (TPSA) is 34.1 Å². The van der Waals surface area contributed by atoms with Crippen LogP contribution in [-0.2, 0) is 9.84 Å². The average molecular weight is 284 g/mol. The molecule has 0 saturated carbocycles. The van der Waals surface area contributed by atoms with Gasteiger partial charge in [0.15, 0.2) is 9.84 Å². The van der Waals surface area contributed by atoms with Crippen LogP contribution in [-0.4, -0.2) is 26.1 Å². The lowest BCUT2D eigenvalue weighted by Gasteiger charge is -2.14. The first-order valence-corrected chi connectivity index (χ1v) is 7.41. The summed E-state index contributed by atoms with van der Waals surface area (Å²) in [4.78, 5) is 0.490. The van der Waals surface area contributed by atoms with E-state index >= 15 is 0 Å². The lowest BCUT2D eigenvalue weighted by molar-refractivity contribution is -0.125. The Balaban J connectivity index is 2.83. The zero-order valence-electron chi connectivity index (χ0n) is 9.15. The molecule has 0 aliphatic heterocycles. The second-order valence-corrected chi connectivity index (χ2v) is 6.98. The SMILES string of the molecule is C[C@H](Sc1ccc(S(C)(=O)=O)cc1)C(F)(F)F. The number of halogens is 3. The highest BCUT2D eigenvalue weighted by Crippen LogP contribution is 2.34. The van der Waals surface area contributed by atoms with Crippen LogP contribution in [0.1, 0.15) is 6.92 Å². The van der Waals surface area contributed by atoms with Gasteiger partial charge in [-0.15, -0.1) is 11.8 Å². The van der Waals surface area contributed by atoms with Gasteiger partial charge in [-0.25, -0.2) is 8.42 Å². The third-order valence-electron chi connectivity index (χ3n) is 2.03. The van der Waals surface area contributed by atoms with Crippen molar-refractivity contribution < 1.29 is 21.6 Å². The molecule has 7 heteroatoms. The minimum atomic E-state index is -4.26. The molecule has 1 rings (SSSR count). The molecule has 1 aromatic rings. The average Bonchev–Trinajstić information content (AvgIpc) is 2.15. The van der Waals surface area contributed by atoms with Crippen molar-refractivity contribution in [2.24, 2.45) is 0 Å². The predicted octanol–water partition coefficient (Wildman–Crippen LogP) is 3.13. The van der Waals surface area contributed by atoms with Crippen LogP contribution < -0.4 is 0 Å². The summed E-state index contributed by atoms with van der Waals surface area (Å²) in [5.74, 6) is 0. The number of rotatable bonds is 3. The van der Waals surface area contributed by atoms with Gasteiger partial charge in [0.1, 0.15) is 5.25 Å². The summed E-state index contributed by atoms with van der Waals surface area (Å²) in [6, 6.07) is 5.37. The maximum absolute atomic E-state index is 12.3. The smallest absolute Gasteiger partial charge is 0.224 e. The maximum Gasteiger partial charge on any atom is 0.400 e. The molecule has 1 atom stereocenters. The Bertz CT molecular complexity index is 477. The third-order valence-corrected chi connectivity index (χ3v) is 4.32. The predicted molar refractivity (Wildman–Crippen MR) is 60.9 cm³/mol. The molecule has 1 aromatic carbocycles. The van der Waals surface area contributed by atoms with Crippen molar-refractivity contribution in [1.82, 2.24) is 0 Å². The molecule has 96 valence electrons. The Labute approximate surface area is 102 Å². The number of thioether (sulfide) groups is 1. The Morgan fingerprint density at radius 3 is 2.00 bits per heavy atom. The molecular formula is C10H11F3O2S2. The van der Waals surface area contributed by atoms with Crippen molar-refractivity contribution in [3.05, 3.63) is 24.3 Å². The van der Waals surface area contributed by atoms with Gasteiger partial charge in [-0.1, -0.05) is 0 Å². The minimum Gasteiger partial charge on any atom is -0.224 e. The lowest BCUT2D eigenvalue weighted by atomic mass is 10.4. The largest absolute Gasteiger partial charge is 0.400 e. The van der Waals surface area contributed by atoms with Crippen LogP contribution >= 0.6 is 11.8 Å². The van der Waals surface area contributed by atoms with E-state index in [9.17, 15) is 21.6 Å². The normalized spacial score (nSPS) is 14.6. The molecule has 0 fully saturated rings. The van der Waals surface area contributed by atoms with Gasteiger partial charge in [0, 0.05) is 11.2 Å². The zero-order chi connectivity index (χ0) is 13.3. The van der Waals surface area contributed by atoms with Crippen LogP contribution in [0.15, 0.2) is 34.1 Å². The summed E-state index contributed by atoms with van der Waals surface area (Å²) < 4.78 is 59.1. The van der Waals surface area contributed by atoms with E-state index in [0.29, 0.717) is 16.7 Å². The Hall–Kier alpha value is -0.690. The van der Waals surface area contributed by atoms with Crippen molar-refractivity contribution >= 4 is 21.6 Å². The molecular weight excluding hydrogens is 273 g/mol. The highest BCUT2D eigenvalue weighted by Gasteiger charge is 2.36. The second kappa shape index (κ2) is 4.89. The van der Waals surface area contributed by atoms with Gasteiger partial charge < -0.3 is 0 Å². The highest BCUT2D eigenvalue weighted by atomic mass is 32.2. The second-order valence-electron chi connectivity index (χ2n) is 3.55. The minimum absolute atomic E-state index is 0.0986. The molecule has 0 aliphatic rings. The first-order chi connectivity index (χ1) is 7.60. The molecule has 17 heavy (non-hydrogen) atoms. The number of hydrogen-bond acceptors (Lipinski definition) is 3. The number of alkyl halides is 3.